The fourth-order valence-electron chi connectivity index (χ4n) is 5.29. The molecule has 3 aromatic carbocycles. The van der Waals surface area contributed by atoms with Crippen molar-refractivity contribution in [2.45, 2.75) is 13.0 Å². The van der Waals surface area contributed by atoms with E-state index in [1.807, 2.05) is 59.5 Å². The van der Waals surface area contributed by atoms with Crippen molar-refractivity contribution in [1.29, 1.82) is 0 Å². The van der Waals surface area contributed by atoms with E-state index in [1.54, 1.807) is 45.3 Å². The second-order valence-electron chi connectivity index (χ2n) is 10.3. The molecule has 10 heteroatoms. The van der Waals surface area contributed by atoms with Gasteiger partial charge in [-0.05, 0) is 55.0 Å². The summed E-state index contributed by atoms with van der Waals surface area (Å²) in [6, 6.07) is 22.8. The second kappa shape index (κ2) is 13.4. The van der Waals surface area contributed by atoms with Gasteiger partial charge in [-0.3, -0.25) is 14.6 Å². The van der Waals surface area contributed by atoms with Crippen LogP contribution in [0.5, 0.6) is 17.2 Å². The van der Waals surface area contributed by atoms with Gasteiger partial charge >= 0.3 is 12.0 Å². The molecule has 10 nitrogen and oxygen atoms in total. The fourth-order valence-corrected chi connectivity index (χ4v) is 5.29. The number of piperazine rings is 1. The quantitative estimate of drug-likeness (QED) is 0.371. The Morgan fingerprint density at radius 1 is 0.884 bits per heavy atom. The lowest BCUT2D eigenvalue weighted by atomic mass is 9.94. The molecular formula is C33H36N4O6. The summed E-state index contributed by atoms with van der Waals surface area (Å²) >= 11 is 0. The number of esters is 1. The third kappa shape index (κ3) is 6.81. The van der Waals surface area contributed by atoms with E-state index in [0.717, 1.165) is 0 Å². The van der Waals surface area contributed by atoms with Gasteiger partial charge in [0, 0.05) is 51.0 Å². The Morgan fingerprint density at radius 2 is 1.58 bits per heavy atom. The molecule has 1 atom stereocenters. The topological polar surface area (TPSA) is 101 Å². The predicted octanol–water partition coefficient (Wildman–Crippen LogP) is 4.46. The number of carbonyl (C=O) groups is 3. The van der Waals surface area contributed by atoms with Gasteiger partial charge in [0.2, 0.25) is 0 Å². The number of nitrogens with one attached hydrogen (secondary N) is 1. The van der Waals surface area contributed by atoms with Crippen LogP contribution in [0.4, 0.5) is 4.79 Å². The standard InChI is InChI=1S/C33H36N4O6/c1-4-42-32(39)29-28(22-36-16-18-37(19-17-36)31(38)24-11-9-14-26(21-24)41-3)35(2)33(40)34-30(29)23-10-8-15-27(20-23)43-25-12-6-5-7-13-25/h5-15,20-21,30H,4,16-19,22H2,1-3H3,(H,34,40)/t30-/m1/s1. The average Bonchev–Trinajstić information content (AvgIpc) is 3.04. The maximum atomic E-state index is 13.4. The Hall–Kier alpha value is -4.83. The Kier molecular flexibility index (Phi) is 9.26. The molecule has 0 aliphatic carbocycles. The van der Waals surface area contributed by atoms with Gasteiger partial charge in [-0.2, -0.15) is 0 Å². The molecule has 2 aliphatic heterocycles. The van der Waals surface area contributed by atoms with Crippen LogP contribution in [0.1, 0.15) is 28.9 Å². The zero-order valence-corrected chi connectivity index (χ0v) is 24.6. The van der Waals surface area contributed by atoms with E-state index in [4.69, 9.17) is 14.2 Å². The van der Waals surface area contributed by atoms with Gasteiger partial charge in [0.1, 0.15) is 17.2 Å². The third-order valence-corrected chi connectivity index (χ3v) is 7.59. The van der Waals surface area contributed by atoms with Crippen molar-refractivity contribution in [3.05, 3.63) is 101 Å². The number of amides is 3. The van der Waals surface area contributed by atoms with Gasteiger partial charge in [-0.25, -0.2) is 9.59 Å². The Bertz CT molecular complexity index is 1500. The monoisotopic (exact) mass is 584 g/mol. The molecule has 2 aliphatic rings. The first-order valence-electron chi connectivity index (χ1n) is 14.3. The van der Waals surface area contributed by atoms with Crippen LogP contribution in [0, 0.1) is 0 Å². The lowest BCUT2D eigenvalue weighted by Gasteiger charge is -2.39. The number of carbonyl (C=O) groups excluding carboxylic acids is 3. The molecule has 224 valence electrons. The number of rotatable bonds is 9. The first-order chi connectivity index (χ1) is 20.9. The number of hydrogen-bond acceptors (Lipinski definition) is 7. The summed E-state index contributed by atoms with van der Waals surface area (Å²) in [6.45, 7) is 4.47. The van der Waals surface area contributed by atoms with E-state index in [2.05, 4.69) is 10.2 Å². The number of methoxy groups -OCH3 is 1. The molecule has 1 fully saturated rings. The number of ether oxygens (including phenoxy) is 3. The van der Waals surface area contributed by atoms with Crippen molar-refractivity contribution < 1.29 is 28.6 Å². The summed E-state index contributed by atoms with van der Waals surface area (Å²) in [5, 5.41) is 2.97. The highest BCUT2D eigenvalue weighted by Gasteiger charge is 2.38. The zero-order chi connectivity index (χ0) is 30.3. The van der Waals surface area contributed by atoms with Gasteiger partial charge < -0.3 is 24.4 Å². The van der Waals surface area contributed by atoms with Gasteiger partial charge in [-0.15, -0.1) is 0 Å². The third-order valence-electron chi connectivity index (χ3n) is 7.59. The van der Waals surface area contributed by atoms with Crippen molar-refractivity contribution in [1.82, 2.24) is 20.0 Å². The molecule has 0 unspecified atom stereocenters. The largest absolute Gasteiger partial charge is 0.497 e. The van der Waals surface area contributed by atoms with Crippen molar-refractivity contribution in [3.63, 3.8) is 0 Å². The van der Waals surface area contributed by atoms with Crippen LogP contribution in [-0.2, 0) is 9.53 Å². The molecule has 0 spiro atoms. The smallest absolute Gasteiger partial charge is 0.338 e. The number of likely N-dealkylation sites (N-methyl/N-ethyl adjacent to an activating group) is 1. The zero-order valence-electron chi connectivity index (χ0n) is 24.6. The number of urea groups is 1. The first-order valence-corrected chi connectivity index (χ1v) is 14.3. The Morgan fingerprint density at radius 3 is 2.30 bits per heavy atom. The van der Waals surface area contributed by atoms with Crippen LogP contribution in [-0.4, -0.2) is 86.1 Å². The Balaban J connectivity index is 1.38. The minimum atomic E-state index is -0.729. The number of hydrogen-bond donors (Lipinski definition) is 1. The van der Waals surface area contributed by atoms with E-state index in [0.29, 0.717) is 72.4 Å². The lowest BCUT2D eigenvalue weighted by Crippen LogP contribution is -2.53. The second-order valence-corrected chi connectivity index (χ2v) is 10.3. The van der Waals surface area contributed by atoms with Crippen molar-refractivity contribution in [2.75, 3.05) is 53.5 Å². The van der Waals surface area contributed by atoms with Crippen LogP contribution in [0.2, 0.25) is 0 Å². The highest BCUT2D eigenvalue weighted by atomic mass is 16.5. The Labute approximate surface area is 251 Å². The van der Waals surface area contributed by atoms with Crippen molar-refractivity contribution in [3.8, 4) is 17.2 Å². The average molecular weight is 585 g/mol. The predicted molar refractivity (Wildman–Crippen MR) is 161 cm³/mol. The molecular weight excluding hydrogens is 548 g/mol. The van der Waals surface area contributed by atoms with E-state index in [1.165, 1.54) is 4.90 Å². The van der Waals surface area contributed by atoms with Crippen LogP contribution in [0.3, 0.4) is 0 Å². The van der Waals surface area contributed by atoms with E-state index in [-0.39, 0.29) is 18.5 Å². The molecule has 1 saturated heterocycles. The summed E-state index contributed by atoms with van der Waals surface area (Å²) < 4.78 is 16.8. The van der Waals surface area contributed by atoms with Crippen LogP contribution in [0.15, 0.2) is 90.1 Å². The van der Waals surface area contributed by atoms with Gasteiger partial charge in [0.25, 0.3) is 5.91 Å². The first kappa shape index (κ1) is 29.7. The summed E-state index contributed by atoms with van der Waals surface area (Å²) in [5.74, 6) is 1.34. The van der Waals surface area contributed by atoms with Crippen LogP contribution < -0.4 is 14.8 Å². The summed E-state index contributed by atoms with van der Waals surface area (Å²) in [7, 11) is 3.22. The summed E-state index contributed by atoms with van der Waals surface area (Å²) in [5.41, 5.74) is 2.21. The number of benzene rings is 3. The van der Waals surface area contributed by atoms with E-state index in [9.17, 15) is 14.4 Å². The maximum absolute atomic E-state index is 13.4. The maximum Gasteiger partial charge on any atom is 0.338 e. The lowest BCUT2D eigenvalue weighted by molar-refractivity contribution is -0.139. The summed E-state index contributed by atoms with van der Waals surface area (Å²) in [4.78, 5) is 45.2. The minimum Gasteiger partial charge on any atom is -0.497 e. The molecule has 0 bridgehead atoms. The van der Waals surface area contributed by atoms with Crippen molar-refractivity contribution >= 4 is 17.9 Å². The molecule has 5 rings (SSSR count). The van der Waals surface area contributed by atoms with Gasteiger partial charge in [-0.1, -0.05) is 36.4 Å². The van der Waals surface area contributed by atoms with Gasteiger partial charge in [0.05, 0.1) is 25.3 Å². The highest BCUT2D eigenvalue weighted by Crippen LogP contribution is 2.34. The fraction of sp³-hybridized carbons (Fsp3) is 0.303. The molecule has 2 heterocycles. The van der Waals surface area contributed by atoms with Crippen LogP contribution >= 0.6 is 0 Å². The highest BCUT2D eigenvalue weighted by molar-refractivity contribution is 5.95. The van der Waals surface area contributed by atoms with Crippen molar-refractivity contribution in [2.24, 2.45) is 0 Å². The van der Waals surface area contributed by atoms with Crippen LogP contribution in [0.25, 0.3) is 0 Å². The minimum absolute atomic E-state index is 0.0585. The molecule has 1 N–H and O–H groups in total. The molecule has 3 amide bonds. The summed E-state index contributed by atoms with van der Waals surface area (Å²) in [6.07, 6.45) is 0. The number of para-hydroxylation sites is 1. The molecule has 0 radical (unpaired) electrons. The number of nitrogens with zero attached hydrogens (tertiary/aromatic N) is 3. The molecule has 0 saturated carbocycles. The molecule has 43 heavy (non-hydrogen) atoms. The molecule has 0 aromatic heterocycles. The SMILES string of the molecule is CCOC(=O)C1=C(CN2CCN(C(=O)c3cccc(OC)c3)CC2)N(C)C(=O)N[C@@H]1c1cccc(Oc2ccccc2)c1. The van der Waals surface area contributed by atoms with E-state index < -0.39 is 12.0 Å². The molecule has 3 aromatic rings. The van der Waals surface area contributed by atoms with Gasteiger partial charge in [0.15, 0.2) is 0 Å². The van der Waals surface area contributed by atoms with E-state index >= 15 is 0 Å². The normalized spacial score (nSPS) is 17.4.